The molecule has 3 heteroatoms. The molecule has 0 atom stereocenters. The minimum absolute atomic E-state index is 0.0320. The molecule has 1 aromatic rings. The van der Waals surface area contributed by atoms with E-state index >= 15 is 0 Å². The first-order valence-electron chi connectivity index (χ1n) is 6.41. The third-order valence-electron chi connectivity index (χ3n) is 3.41. The van der Waals surface area contributed by atoms with Gasteiger partial charge in [0.15, 0.2) is 11.6 Å². The minimum Gasteiger partial charge on any atom is -0.491 e. The summed E-state index contributed by atoms with van der Waals surface area (Å²) in [5.41, 5.74) is 2.88. The number of carbonyl (C=O) groups excluding carboxylic acids is 2. The average Bonchev–Trinajstić information content (AvgIpc) is 2.35. The first-order chi connectivity index (χ1) is 8.82. The summed E-state index contributed by atoms with van der Waals surface area (Å²) in [5.74, 6) is 0.522. The second kappa shape index (κ2) is 4.65. The van der Waals surface area contributed by atoms with E-state index < -0.39 is 0 Å². The van der Waals surface area contributed by atoms with Gasteiger partial charge in [-0.25, -0.2) is 0 Å². The highest BCUT2D eigenvalue weighted by atomic mass is 16.5. The van der Waals surface area contributed by atoms with Crippen LogP contribution in [0.1, 0.15) is 54.0 Å². The number of ketones is 2. The van der Waals surface area contributed by atoms with Crippen LogP contribution in [-0.2, 0) is 0 Å². The minimum atomic E-state index is -0.0827. The topological polar surface area (TPSA) is 43.4 Å². The van der Waals surface area contributed by atoms with Crippen LogP contribution in [0.25, 0.3) is 0 Å². The van der Waals surface area contributed by atoms with Gasteiger partial charge in [0.1, 0.15) is 5.75 Å². The Hall–Kier alpha value is -1.90. The van der Waals surface area contributed by atoms with E-state index in [4.69, 9.17) is 4.74 Å². The van der Waals surface area contributed by atoms with Gasteiger partial charge in [-0.2, -0.15) is 0 Å². The Morgan fingerprint density at radius 3 is 1.84 bits per heavy atom. The molecule has 0 radical (unpaired) electrons. The van der Waals surface area contributed by atoms with E-state index in [2.05, 4.69) is 0 Å². The highest BCUT2D eigenvalue weighted by Crippen LogP contribution is 2.31. The van der Waals surface area contributed by atoms with Gasteiger partial charge in [0.2, 0.25) is 0 Å². The van der Waals surface area contributed by atoms with Crippen molar-refractivity contribution in [3.8, 4) is 5.75 Å². The molecule has 0 amide bonds. The van der Waals surface area contributed by atoms with Gasteiger partial charge < -0.3 is 4.74 Å². The number of benzene rings is 1. The SMILES string of the molecule is CC1=C(C)C(=O)c2cc(OC(C)C)c(C)cc2C1=O. The monoisotopic (exact) mass is 258 g/mol. The molecule has 19 heavy (non-hydrogen) atoms. The van der Waals surface area contributed by atoms with Gasteiger partial charge in [-0.3, -0.25) is 9.59 Å². The Morgan fingerprint density at radius 2 is 1.37 bits per heavy atom. The molecular formula is C16H18O3. The molecule has 3 nitrogen and oxygen atoms in total. The summed E-state index contributed by atoms with van der Waals surface area (Å²) >= 11 is 0. The molecule has 0 aromatic heterocycles. The molecule has 100 valence electrons. The quantitative estimate of drug-likeness (QED) is 0.815. The number of Topliss-reactive ketones (excluding diaryl/α,β-unsaturated/α-hetero) is 2. The maximum Gasteiger partial charge on any atom is 0.190 e. The molecule has 1 aromatic carbocycles. The Bertz CT molecular complexity index is 607. The fraction of sp³-hybridized carbons (Fsp3) is 0.375. The third kappa shape index (κ3) is 2.21. The summed E-state index contributed by atoms with van der Waals surface area (Å²) in [6.07, 6.45) is 0.0320. The van der Waals surface area contributed by atoms with Gasteiger partial charge in [0.05, 0.1) is 6.10 Å². The van der Waals surface area contributed by atoms with E-state index in [1.54, 1.807) is 26.0 Å². The molecule has 0 saturated heterocycles. The van der Waals surface area contributed by atoms with Gasteiger partial charge in [-0.15, -0.1) is 0 Å². The first kappa shape index (κ1) is 13.5. The maximum absolute atomic E-state index is 12.3. The number of aryl methyl sites for hydroxylation is 1. The average molecular weight is 258 g/mol. The van der Waals surface area contributed by atoms with Crippen LogP contribution in [0.15, 0.2) is 23.3 Å². The molecule has 0 aliphatic heterocycles. The lowest BCUT2D eigenvalue weighted by molar-refractivity contribution is 0.0974. The molecule has 0 heterocycles. The van der Waals surface area contributed by atoms with Crippen molar-refractivity contribution >= 4 is 11.6 Å². The summed E-state index contributed by atoms with van der Waals surface area (Å²) in [6, 6.07) is 3.45. The van der Waals surface area contributed by atoms with Crippen LogP contribution in [0.5, 0.6) is 5.75 Å². The lowest BCUT2D eigenvalue weighted by Gasteiger charge is -2.20. The zero-order chi connectivity index (χ0) is 14.3. The second-order valence-corrected chi connectivity index (χ2v) is 5.24. The molecule has 0 bridgehead atoms. The van der Waals surface area contributed by atoms with Gasteiger partial charge in [-0.1, -0.05) is 0 Å². The maximum atomic E-state index is 12.3. The lowest BCUT2D eigenvalue weighted by atomic mass is 9.84. The predicted octanol–water partition coefficient (Wildman–Crippen LogP) is 3.50. The highest BCUT2D eigenvalue weighted by molar-refractivity contribution is 6.26. The van der Waals surface area contributed by atoms with Crippen LogP contribution < -0.4 is 4.74 Å². The van der Waals surface area contributed by atoms with Crippen LogP contribution in [0.2, 0.25) is 0 Å². The number of ether oxygens (including phenoxy) is 1. The summed E-state index contributed by atoms with van der Waals surface area (Å²) < 4.78 is 5.68. The van der Waals surface area contributed by atoms with Gasteiger partial charge in [0, 0.05) is 22.3 Å². The fourth-order valence-electron chi connectivity index (χ4n) is 2.19. The number of fused-ring (bicyclic) bond motifs is 1. The summed E-state index contributed by atoms with van der Waals surface area (Å²) in [4.78, 5) is 24.5. The zero-order valence-corrected chi connectivity index (χ0v) is 12.0. The van der Waals surface area contributed by atoms with E-state index in [1.807, 2.05) is 20.8 Å². The van der Waals surface area contributed by atoms with E-state index in [0.29, 0.717) is 28.0 Å². The highest BCUT2D eigenvalue weighted by Gasteiger charge is 2.28. The van der Waals surface area contributed by atoms with Crippen LogP contribution in [0.4, 0.5) is 0 Å². The van der Waals surface area contributed by atoms with Crippen molar-refractivity contribution < 1.29 is 14.3 Å². The van der Waals surface area contributed by atoms with Crippen molar-refractivity contribution in [3.05, 3.63) is 40.0 Å². The Balaban J connectivity index is 2.60. The van der Waals surface area contributed by atoms with Crippen LogP contribution >= 0.6 is 0 Å². The van der Waals surface area contributed by atoms with Crippen LogP contribution in [0, 0.1) is 6.92 Å². The molecule has 2 rings (SSSR count). The van der Waals surface area contributed by atoms with Crippen molar-refractivity contribution in [2.45, 2.75) is 40.7 Å². The van der Waals surface area contributed by atoms with E-state index in [-0.39, 0.29) is 17.7 Å². The number of rotatable bonds is 2. The smallest absolute Gasteiger partial charge is 0.190 e. The van der Waals surface area contributed by atoms with Crippen molar-refractivity contribution in [2.75, 3.05) is 0 Å². The fourth-order valence-corrected chi connectivity index (χ4v) is 2.19. The van der Waals surface area contributed by atoms with E-state index in [0.717, 1.165) is 5.56 Å². The van der Waals surface area contributed by atoms with Crippen molar-refractivity contribution in [3.63, 3.8) is 0 Å². The van der Waals surface area contributed by atoms with Crippen LogP contribution in [-0.4, -0.2) is 17.7 Å². The summed E-state index contributed by atoms with van der Waals surface area (Å²) in [6.45, 7) is 9.15. The Morgan fingerprint density at radius 1 is 0.895 bits per heavy atom. The standard InChI is InChI=1S/C16H18O3/c1-8(2)19-14-7-13-12(6-9(14)3)15(17)10(4)11(5)16(13)18/h6-8H,1-5H3. The molecular weight excluding hydrogens is 240 g/mol. The Kier molecular flexibility index (Phi) is 3.31. The zero-order valence-electron chi connectivity index (χ0n) is 12.0. The third-order valence-corrected chi connectivity index (χ3v) is 3.41. The predicted molar refractivity (Wildman–Crippen MR) is 74.0 cm³/mol. The molecule has 0 fully saturated rings. The number of carbonyl (C=O) groups is 2. The van der Waals surface area contributed by atoms with E-state index in [9.17, 15) is 9.59 Å². The lowest BCUT2D eigenvalue weighted by Crippen LogP contribution is -2.20. The van der Waals surface area contributed by atoms with Crippen molar-refractivity contribution in [1.29, 1.82) is 0 Å². The number of hydrogen-bond acceptors (Lipinski definition) is 3. The second-order valence-electron chi connectivity index (χ2n) is 5.24. The van der Waals surface area contributed by atoms with Gasteiger partial charge >= 0.3 is 0 Å². The van der Waals surface area contributed by atoms with Crippen molar-refractivity contribution in [2.24, 2.45) is 0 Å². The normalized spacial score (nSPS) is 15.1. The summed E-state index contributed by atoms with van der Waals surface area (Å²) in [7, 11) is 0. The number of allylic oxidation sites excluding steroid dienone is 2. The molecule has 0 saturated carbocycles. The first-order valence-corrected chi connectivity index (χ1v) is 6.41. The van der Waals surface area contributed by atoms with Crippen molar-refractivity contribution in [1.82, 2.24) is 0 Å². The Labute approximate surface area is 113 Å². The molecule has 1 aliphatic carbocycles. The largest absolute Gasteiger partial charge is 0.491 e. The summed E-state index contributed by atoms with van der Waals surface area (Å²) in [5, 5.41) is 0. The van der Waals surface area contributed by atoms with Gasteiger partial charge in [0.25, 0.3) is 0 Å². The number of hydrogen-bond donors (Lipinski definition) is 0. The molecule has 0 unspecified atom stereocenters. The van der Waals surface area contributed by atoms with Crippen LogP contribution in [0.3, 0.4) is 0 Å². The van der Waals surface area contributed by atoms with E-state index in [1.165, 1.54) is 0 Å². The molecule has 1 aliphatic rings. The molecule has 0 spiro atoms. The van der Waals surface area contributed by atoms with Gasteiger partial charge in [-0.05, 0) is 52.3 Å². The molecule has 0 N–H and O–H groups in total.